The number of hydrogen-bond donors (Lipinski definition) is 1. The maximum Gasteiger partial charge on any atom is 0.182 e. The average Bonchev–Trinajstić information content (AvgIpc) is 2.35. The van der Waals surface area contributed by atoms with Crippen LogP contribution >= 0.6 is 0 Å². The van der Waals surface area contributed by atoms with E-state index in [1.807, 2.05) is 6.07 Å². The fourth-order valence-electron chi connectivity index (χ4n) is 2.31. The number of allylic oxidation sites excluding steroid dienone is 1. The lowest BCUT2D eigenvalue weighted by atomic mass is 9.91. The smallest absolute Gasteiger partial charge is 0.182 e. The second-order valence-corrected chi connectivity index (χ2v) is 4.31. The van der Waals surface area contributed by atoms with Gasteiger partial charge in [-0.25, -0.2) is 0 Å². The summed E-state index contributed by atoms with van der Waals surface area (Å²) in [5.41, 5.74) is 2.78. The van der Waals surface area contributed by atoms with E-state index in [-0.39, 0.29) is 5.43 Å². The van der Waals surface area contributed by atoms with Gasteiger partial charge in [0, 0.05) is 17.2 Å². The molecule has 1 heterocycles. The van der Waals surface area contributed by atoms with Gasteiger partial charge in [-0.1, -0.05) is 0 Å². The van der Waals surface area contributed by atoms with E-state index in [4.69, 9.17) is 4.42 Å². The van der Waals surface area contributed by atoms with Gasteiger partial charge >= 0.3 is 0 Å². The second kappa shape index (κ2) is 3.77. The Morgan fingerprint density at radius 3 is 2.94 bits per heavy atom. The summed E-state index contributed by atoms with van der Waals surface area (Å²) in [6.45, 7) is 0. The normalized spacial score (nSPS) is 17.3. The Kier molecular flexibility index (Phi) is 2.25. The Morgan fingerprint density at radius 2 is 2.12 bits per heavy atom. The highest BCUT2D eigenvalue weighted by molar-refractivity contribution is 5.69. The van der Waals surface area contributed by atoms with Gasteiger partial charge < -0.3 is 9.52 Å². The van der Waals surface area contributed by atoms with Crippen molar-refractivity contribution in [2.45, 2.75) is 19.3 Å². The van der Waals surface area contributed by atoms with Crippen molar-refractivity contribution in [3.05, 3.63) is 52.1 Å². The lowest BCUT2D eigenvalue weighted by Crippen LogP contribution is -2.05. The average molecular weight is 228 g/mol. The minimum Gasteiger partial charge on any atom is -0.515 e. The number of hydrogen-bond acceptors (Lipinski definition) is 3. The van der Waals surface area contributed by atoms with E-state index in [9.17, 15) is 9.90 Å². The van der Waals surface area contributed by atoms with E-state index in [0.717, 1.165) is 48.0 Å². The number of aryl methyl sites for hydroxylation is 1. The van der Waals surface area contributed by atoms with Gasteiger partial charge in [-0.05, 0) is 43.0 Å². The molecule has 0 saturated heterocycles. The van der Waals surface area contributed by atoms with Crippen LogP contribution in [0.25, 0.3) is 16.9 Å². The quantitative estimate of drug-likeness (QED) is 0.705. The Morgan fingerprint density at radius 1 is 1.24 bits per heavy atom. The summed E-state index contributed by atoms with van der Waals surface area (Å²) >= 11 is 0. The zero-order valence-corrected chi connectivity index (χ0v) is 9.27. The van der Waals surface area contributed by atoms with Crippen LogP contribution in [-0.4, -0.2) is 5.11 Å². The van der Waals surface area contributed by atoms with Crippen molar-refractivity contribution >= 4 is 5.57 Å². The van der Waals surface area contributed by atoms with Crippen molar-refractivity contribution in [1.29, 1.82) is 0 Å². The summed E-state index contributed by atoms with van der Waals surface area (Å²) in [6.07, 6.45) is 3.88. The lowest BCUT2D eigenvalue weighted by Gasteiger charge is -2.19. The SMILES string of the molecule is O=c1ccc2cc3c(oc-2c1)C(=CO)CCC3. The van der Waals surface area contributed by atoms with Gasteiger partial charge in [-0.15, -0.1) is 0 Å². The molecule has 3 nitrogen and oxygen atoms in total. The summed E-state index contributed by atoms with van der Waals surface area (Å²) in [5, 5.41) is 9.18. The van der Waals surface area contributed by atoms with Crippen LogP contribution in [0.2, 0.25) is 0 Å². The van der Waals surface area contributed by atoms with Crippen LogP contribution in [0, 0.1) is 0 Å². The van der Waals surface area contributed by atoms with Crippen LogP contribution in [0.1, 0.15) is 24.2 Å². The summed E-state index contributed by atoms with van der Waals surface area (Å²) < 4.78 is 5.74. The molecule has 2 aliphatic carbocycles. The molecule has 3 aliphatic rings. The first-order valence-electron chi connectivity index (χ1n) is 5.68. The van der Waals surface area contributed by atoms with Gasteiger partial charge in [-0.2, -0.15) is 0 Å². The number of aliphatic hydroxyl groups is 1. The molecule has 0 amide bonds. The van der Waals surface area contributed by atoms with Gasteiger partial charge in [0.25, 0.3) is 0 Å². The molecule has 0 aromatic carbocycles. The van der Waals surface area contributed by atoms with E-state index < -0.39 is 0 Å². The standard InChI is InChI=1S/C14H12O3/c15-8-11-3-1-2-10-6-9-4-5-12(16)7-13(9)17-14(10)11/h4-8,15H,1-3H2. The number of aliphatic hydroxyl groups excluding tert-OH is 1. The highest BCUT2D eigenvalue weighted by atomic mass is 16.3. The Hall–Kier alpha value is -2.03. The topological polar surface area (TPSA) is 50.4 Å². The van der Waals surface area contributed by atoms with Crippen molar-refractivity contribution in [1.82, 2.24) is 0 Å². The molecule has 0 spiro atoms. The van der Waals surface area contributed by atoms with E-state index >= 15 is 0 Å². The van der Waals surface area contributed by atoms with Crippen LogP contribution in [0.3, 0.4) is 0 Å². The molecule has 1 N–H and O–H groups in total. The molecular formula is C14H12O3. The molecule has 86 valence electrons. The Balaban J connectivity index is 2.30. The van der Waals surface area contributed by atoms with Crippen molar-refractivity contribution in [3.8, 4) is 11.3 Å². The fourth-order valence-corrected chi connectivity index (χ4v) is 2.31. The molecule has 17 heavy (non-hydrogen) atoms. The molecule has 3 heteroatoms. The second-order valence-electron chi connectivity index (χ2n) is 4.31. The molecule has 3 rings (SSSR count). The summed E-state index contributed by atoms with van der Waals surface area (Å²) in [7, 11) is 0. The Labute approximate surface area is 98.4 Å². The van der Waals surface area contributed by atoms with E-state index in [1.165, 1.54) is 12.1 Å². The van der Waals surface area contributed by atoms with Crippen LogP contribution in [0.4, 0.5) is 0 Å². The summed E-state index contributed by atoms with van der Waals surface area (Å²) in [5.74, 6) is 1.30. The first kappa shape index (κ1) is 10.1. The predicted molar refractivity (Wildman–Crippen MR) is 65.1 cm³/mol. The maximum absolute atomic E-state index is 11.3. The van der Waals surface area contributed by atoms with Crippen molar-refractivity contribution in [2.75, 3.05) is 0 Å². The van der Waals surface area contributed by atoms with Crippen molar-refractivity contribution < 1.29 is 9.52 Å². The minimum absolute atomic E-state index is 0.0634. The van der Waals surface area contributed by atoms with Crippen molar-refractivity contribution in [2.24, 2.45) is 0 Å². The molecule has 0 aromatic rings. The van der Waals surface area contributed by atoms with Crippen LogP contribution in [-0.2, 0) is 6.42 Å². The summed E-state index contributed by atoms with van der Waals surface area (Å²) in [4.78, 5) is 11.3. The molecule has 0 atom stereocenters. The largest absolute Gasteiger partial charge is 0.515 e. The molecule has 0 saturated carbocycles. The van der Waals surface area contributed by atoms with Crippen LogP contribution < -0.4 is 5.43 Å². The Bertz CT molecular complexity index is 622. The number of benzene rings is 1. The van der Waals surface area contributed by atoms with Gasteiger partial charge in [0.05, 0.1) is 6.26 Å². The molecule has 0 aromatic heterocycles. The maximum atomic E-state index is 11.3. The van der Waals surface area contributed by atoms with Crippen LogP contribution in [0.5, 0.6) is 0 Å². The molecule has 0 fully saturated rings. The lowest BCUT2D eigenvalue weighted by molar-refractivity contribution is 0.464. The zero-order chi connectivity index (χ0) is 11.8. The predicted octanol–water partition coefficient (Wildman–Crippen LogP) is 2.98. The van der Waals surface area contributed by atoms with Gasteiger partial charge in [0.2, 0.25) is 0 Å². The van der Waals surface area contributed by atoms with E-state index in [0.29, 0.717) is 5.76 Å². The fraction of sp³-hybridized carbons (Fsp3) is 0.214. The molecule has 0 bridgehead atoms. The third-order valence-electron chi connectivity index (χ3n) is 3.16. The van der Waals surface area contributed by atoms with Gasteiger partial charge in [0.1, 0.15) is 11.5 Å². The molecule has 0 radical (unpaired) electrons. The molecule has 0 unspecified atom stereocenters. The highest BCUT2D eigenvalue weighted by Gasteiger charge is 2.19. The first-order valence-corrected chi connectivity index (χ1v) is 5.68. The first-order chi connectivity index (χ1) is 8.28. The summed E-state index contributed by atoms with van der Waals surface area (Å²) in [6, 6.07) is 6.84. The third kappa shape index (κ3) is 1.64. The number of rotatable bonds is 0. The van der Waals surface area contributed by atoms with E-state index in [1.54, 1.807) is 6.07 Å². The zero-order valence-electron chi connectivity index (χ0n) is 9.27. The molecular weight excluding hydrogens is 216 g/mol. The number of fused-ring (bicyclic) bond motifs is 2. The van der Waals surface area contributed by atoms with Crippen molar-refractivity contribution in [3.63, 3.8) is 0 Å². The van der Waals surface area contributed by atoms with Gasteiger partial charge in [0.15, 0.2) is 5.43 Å². The monoisotopic (exact) mass is 228 g/mol. The minimum atomic E-state index is -0.0634. The molecule has 1 aliphatic heterocycles. The third-order valence-corrected chi connectivity index (χ3v) is 3.16. The highest BCUT2D eigenvalue weighted by Crippen LogP contribution is 2.35. The van der Waals surface area contributed by atoms with Gasteiger partial charge in [-0.3, -0.25) is 4.79 Å². The van der Waals surface area contributed by atoms with Crippen LogP contribution in [0.15, 0.2) is 39.7 Å². The van der Waals surface area contributed by atoms with E-state index in [2.05, 4.69) is 0 Å².